The molecule has 1 fully saturated rings. The van der Waals surface area contributed by atoms with Crippen molar-refractivity contribution in [2.75, 3.05) is 13.1 Å². The molecule has 1 N–H and O–H groups in total. The van der Waals surface area contributed by atoms with E-state index in [0.29, 0.717) is 23.6 Å². The average molecular weight is 363 g/mol. The third-order valence-corrected chi connectivity index (χ3v) is 3.92. The summed E-state index contributed by atoms with van der Waals surface area (Å²) in [6.45, 7) is 2.20. The zero-order valence-corrected chi connectivity index (χ0v) is 14.4. The maximum atomic E-state index is 5.60. The first-order chi connectivity index (χ1) is 11.9. The largest absolute Gasteiger partial charge is 0.485 e. The lowest BCUT2D eigenvalue weighted by atomic mass is 10.1. The molecule has 1 unspecified atom stereocenters. The third kappa shape index (κ3) is 4.15. The molecule has 3 aromatic rings. The first-order valence-corrected chi connectivity index (χ1v) is 8.01. The molecule has 0 amide bonds. The predicted molar refractivity (Wildman–Crippen MR) is 92.5 cm³/mol. The summed E-state index contributed by atoms with van der Waals surface area (Å²) in [6, 6.07) is 9.83. The topological polar surface area (TPSA) is 90.9 Å². The van der Waals surface area contributed by atoms with E-state index in [1.54, 1.807) is 6.33 Å². The summed E-state index contributed by atoms with van der Waals surface area (Å²) in [6.07, 6.45) is 3.95. The minimum absolute atomic E-state index is 0. The molecule has 9 heteroatoms. The second-order valence-corrected chi connectivity index (χ2v) is 5.67. The third-order valence-electron chi connectivity index (χ3n) is 3.92. The van der Waals surface area contributed by atoms with Crippen LogP contribution < -0.4 is 10.1 Å². The van der Waals surface area contributed by atoms with Crippen LogP contribution in [0.1, 0.15) is 24.7 Å². The van der Waals surface area contributed by atoms with Gasteiger partial charge >= 0.3 is 0 Å². The van der Waals surface area contributed by atoms with Crippen molar-refractivity contribution in [3.8, 4) is 17.5 Å². The quantitative estimate of drug-likeness (QED) is 0.744. The van der Waals surface area contributed by atoms with E-state index in [2.05, 4.69) is 25.5 Å². The van der Waals surface area contributed by atoms with E-state index in [-0.39, 0.29) is 19.0 Å². The van der Waals surface area contributed by atoms with Crippen LogP contribution in [0.2, 0.25) is 0 Å². The number of piperidine rings is 1. The Morgan fingerprint density at radius 2 is 2.16 bits per heavy atom. The predicted octanol–water partition coefficient (Wildman–Crippen LogP) is 2.25. The molecule has 0 bridgehead atoms. The molecule has 0 spiro atoms. The van der Waals surface area contributed by atoms with Crippen molar-refractivity contribution in [3.05, 3.63) is 42.5 Å². The second kappa shape index (κ2) is 8.09. The first kappa shape index (κ1) is 17.4. The lowest BCUT2D eigenvalue weighted by Gasteiger charge is -2.22. The van der Waals surface area contributed by atoms with E-state index in [1.807, 2.05) is 35.0 Å². The maximum absolute atomic E-state index is 5.60. The Balaban J connectivity index is 0.00000182. The van der Waals surface area contributed by atoms with Crippen molar-refractivity contribution in [2.24, 2.45) is 0 Å². The van der Waals surface area contributed by atoms with E-state index in [0.717, 1.165) is 31.7 Å². The fourth-order valence-electron chi connectivity index (χ4n) is 2.68. The average Bonchev–Trinajstić information content (AvgIpc) is 3.31. The van der Waals surface area contributed by atoms with Gasteiger partial charge in [-0.25, -0.2) is 9.67 Å². The van der Waals surface area contributed by atoms with Crippen LogP contribution in [-0.2, 0) is 6.61 Å². The van der Waals surface area contributed by atoms with Crippen LogP contribution in [0.4, 0.5) is 0 Å². The molecule has 4 rings (SSSR count). The Morgan fingerprint density at radius 3 is 2.96 bits per heavy atom. The van der Waals surface area contributed by atoms with Crippen molar-refractivity contribution < 1.29 is 9.26 Å². The number of nitrogens with zero attached hydrogens (tertiary/aromatic N) is 5. The highest BCUT2D eigenvalue weighted by Crippen LogP contribution is 2.18. The molecule has 132 valence electrons. The molecule has 2 aromatic heterocycles. The molecule has 1 saturated heterocycles. The summed E-state index contributed by atoms with van der Waals surface area (Å²) in [7, 11) is 0. The summed E-state index contributed by atoms with van der Waals surface area (Å²) < 4.78 is 12.7. The van der Waals surface area contributed by atoms with Gasteiger partial charge in [-0.15, -0.1) is 17.5 Å². The number of hydrogen-bond donors (Lipinski definition) is 1. The highest BCUT2D eigenvalue weighted by atomic mass is 35.5. The molecule has 1 aromatic carbocycles. The van der Waals surface area contributed by atoms with Crippen LogP contribution in [0.15, 0.2) is 41.2 Å². The van der Waals surface area contributed by atoms with Gasteiger partial charge in [-0.3, -0.25) is 0 Å². The van der Waals surface area contributed by atoms with Gasteiger partial charge in [0.15, 0.2) is 6.61 Å². The number of para-hydroxylation sites is 1. The minimum atomic E-state index is 0. The van der Waals surface area contributed by atoms with E-state index in [1.165, 1.54) is 0 Å². The number of hydrogen-bond acceptors (Lipinski definition) is 7. The van der Waals surface area contributed by atoms with Crippen LogP contribution in [-0.4, -0.2) is 38.0 Å². The van der Waals surface area contributed by atoms with E-state index < -0.39 is 0 Å². The van der Waals surface area contributed by atoms with Gasteiger partial charge in [-0.2, -0.15) is 4.98 Å². The molecule has 0 aliphatic carbocycles. The van der Waals surface area contributed by atoms with Gasteiger partial charge in [0.1, 0.15) is 12.1 Å². The van der Waals surface area contributed by atoms with Crippen molar-refractivity contribution in [1.29, 1.82) is 0 Å². The normalized spacial score (nSPS) is 17.0. The Bertz CT molecular complexity index is 785. The summed E-state index contributed by atoms with van der Waals surface area (Å²) in [5.41, 5.74) is 0. The smallest absolute Gasteiger partial charge is 0.297 e. The SMILES string of the molecule is Cl.c1ccc(OCc2noc(-c3ncn(C4CCCNC4)n3)n2)cc1. The minimum Gasteiger partial charge on any atom is -0.485 e. The van der Waals surface area contributed by atoms with Crippen molar-refractivity contribution in [2.45, 2.75) is 25.5 Å². The van der Waals surface area contributed by atoms with Crippen molar-refractivity contribution >= 4 is 12.4 Å². The summed E-state index contributed by atoms with van der Waals surface area (Å²) in [5, 5.41) is 11.7. The van der Waals surface area contributed by atoms with Crippen molar-refractivity contribution in [1.82, 2.24) is 30.2 Å². The Kier molecular flexibility index (Phi) is 5.62. The van der Waals surface area contributed by atoms with Gasteiger partial charge in [0.25, 0.3) is 5.89 Å². The fourth-order valence-corrected chi connectivity index (χ4v) is 2.68. The van der Waals surface area contributed by atoms with Crippen LogP contribution >= 0.6 is 12.4 Å². The molecule has 0 saturated carbocycles. The maximum Gasteiger partial charge on any atom is 0.297 e. The highest BCUT2D eigenvalue weighted by molar-refractivity contribution is 5.85. The molecule has 25 heavy (non-hydrogen) atoms. The molecule has 3 heterocycles. The van der Waals surface area contributed by atoms with E-state index >= 15 is 0 Å². The molecule has 1 aliphatic heterocycles. The van der Waals surface area contributed by atoms with E-state index in [4.69, 9.17) is 9.26 Å². The second-order valence-electron chi connectivity index (χ2n) is 5.67. The number of nitrogens with one attached hydrogen (secondary N) is 1. The van der Waals surface area contributed by atoms with Crippen LogP contribution in [0.25, 0.3) is 11.7 Å². The molecule has 1 aliphatic rings. The number of rotatable bonds is 5. The number of ether oxygens (including phenoxy) is 1. The number of aromatic nitrogens is 5. The Hall–Kier alpha value is -2.45. The molecule has 0 radical (unpaired) electrons. The van der Waals surface area contributed by atoms with Crippen LogP contribution in [0.5, 0.6) is 5.75 Å². The summed E-state index contributed by atoms with van der Waals surface area (Å²) in [4.78, 5) is 8.58. The summed E-state index contributed by atoms with van der Waals surface area (Å²) >= 11 is 0. The number of benzene rings is 1. The summed E-state index contributed by atoms with van der Waals surface area (Å²) in [5.74, 6) is 1.98. The van der Waals surface area contributed by atoms with Gasteiger partial charge < -0.3 is 14.6 Å². The van der Waals surface area contributed by atoms with Gasteiger partial charge in [-0.05, 0) is 31.5 Å². The molecule has 1 atom stereocenters. The van der Waals surface area contributed by atoms with Gasteiger partial charge in [0.05, 0.1) is 6.04 Å². The van der Waals surface area contributed by atoms with Crippen LogP contribution in [0.3, 0.4) is 0 Å². The fraction of sp³-hybridized carbons (Fsp3) is 0.375. The monoisotopic (exact) mass is 362 g/mol. The molecular weight excluding hydrogens is 344 g/mol. The number of halogens is 1. The lowest BCUT2D eigenvalue weighted by molar-refractivity contribution is 0.287. The highest BCUT2D eigenvalue weighted by Gasteiger charge is 2.19. The van der Waals surface area contributed by atoms with Gasteiger partial charge in [0.2, 0.25) is 11.6 Å². The standard InChI is InChI=1S/C16H18N6O2.ClH/c1-2-6-13(7-3-1)23-10-14-19-16(24-21-14)15-18-11-22(20-15)12-5-4-8-17-9-12;/h1-3,6-7,11-12,17H,4-5,8-10H2;1H. The zero-order valence-electron chi connectivity index (χ0n) is 13.5. The van der Waals surface area contributed by atoms with Crippen LogP contribution in [0, 0.1) is 0 Å². The lowest BCUT2D eigenvalue weighted by Crippen LogP contribution is -2.31. The Labute approximate surface area is 151 Å². The van der Waals surface area contributed by atoms with E-state index in [9.17, 15) is 0 Å². The van der Waals surface area contributed by atoms with Gasteiger partial charge in [0, 0.05) is 6.54 Å². The first-order valence-electron chi connectivity index (χ1n) is 8.01. The van der Waals surface area contributed by atoms with Gasteiger partial charge in [-0.1, -0.05) is 23.4 Å². The molecular formula is C16H19ClN6O2. The molecule has 8 nitrogen and oxygen atoms in total. The zero-order chi connectivity index (χ0) is 16.2. The van der Waals surface area contributed by atoms with Crippen molar-refractivity contribution in [3.63, 3.8) is 0 Å². The Morgan fingerprint density at radius 1 is 1.28 bits per heavy atom.